The minimum absolute atomic E-state index is 0.149. The zero-order valence-corrected chi connectivity index (χ0v) is 12.5. The van der Waals surface area contributed by atoms with Crippen LogP contribution in [0.3, 0.4) is 0 Å². The number of nitrogens with zero attached hydrogens (tertiary/aromatic N) is 3. The maximum Gasteiger partial charge on any atom is 0.240 e. The Hall–Kier alpha value is -2.13. The molecule has 8 nitrogen and oxygen atoms in total. The predicted molar refractivity (Wildman–Crippen MR) is 80.2 cm³/mol. The van der Waals surface area contributed by atoms with E-state index in [0.717, 1.165) is 13.0 Å². The summed E-state index contributed by atoms with van der Waals surface area (Å²) in [5.41, 5.74) is 6.97. The van der Waals surface area contributed by atoms with Crippen LogP contribution in [0.1, 0.15) is 6.42 Å². The third-order valence-electron chi connectivity index (χ3n) is 2.95. The van der Waals surface area contributed by atoms with E-state index in [1.807, 2.05) is 0 Å². The highest BCUT2D eigenvalue weighted by Crippen LogP contribution is 2.22. The fourth-order valence-corrected chi connectivity index (χ4v) is 2.57. The second-order valence-electron chi connectivity index (χ2n) is 4.40. The van der Waals surface area contributed by atoms with Crippen molar-refractivity contribution >= 4 is 21.4 Å². The number of hydrogen-bond donors (Lipinski definition) is 3. The van der Waals surface area contributed by atoms with Crippen LogP contribution in [0.25, 0.3) is 0 Å². The van der Waals surface area contributed by atoms with Gasteiger partial charge in [-0.15, -0.1) is 5.10 Å². The second kappa shape index (κ2) is 6.55. The van der Waals surface area contributed by atoms with Crippen LogP contribution in [0.15, 0.2) is 35.5 Å². The van der Waals surface area contributed by atoms with Gasteiger partial charge in [0.2, 0.25) is 10.0 Å². The lowest BCUT2D eigenvalue weighted by Crippen LogP contribution is -2.19. The van der Waals surface area contributed by atoms with Gasteiger partial charge in [-0.2, -0.15) is 0 Å². The summed E-state index contributed by atoms with van der Waals surface area (Å²) in [4.78, 5) is 0.149. The molecule has 0 amide bonds. The number of rotatable bonds is 7. The minimum Gasteiger partial charge on any atom is -0.397 e. The Morgan fingerprint density at radius 3 is 2.81 bits per heavy atom. The molecule has 1 aromatic carbocycles. The molecule has 0 radical (unpaired) electrons. The number of aryl methyl sites for hydroxylation is 1. The summed E-state index contributed by atoms with van der Waals surface area (Å²) < 4.78 is 27.3. The van der Waals surface area contributed by atoms with E-state index in [2.05, 4.69) is 20.4 Å². The van der Waals surface area contributed by atoms with Crippen molar-refractivity contribution in [1.29, 1.82) is 0 Å². The van der Waals surface area contributed by atoms with Crippen LogP contribution in [0.4, 0.5) is 11.4 Å². The maximum absolute atomic E-state index is 11.7. The molecule has 9 heteroatoms. The van der Waals surface area contributed by atoms with Gasteiger partial charge in [0.1, 0.15) is 0 Å². The van der Waals surface area contributed by atoms with Crippen molar-refractivity contribution in [1.82, 2.24) is 19.7 Å². The molecule has 0 aliphatic heterocycles. The summed E-state index contributed by atoms with van der Waals surface area (Å²) in [6.45, 7) is 1.45. The van der Waals surface area contributed by atoms with Crippen molar-refractivity contribution in [3.8, 4) is 0 Å². The molecule has 0 aliphatic carbocycles. The number of aromatic nitrogens is 3. The zero-order valence-electron chi connectivity index (χ0n) is 11.7. The number of nitrogens with two attached hydrogens (primary N) is 1. The molecular formula is C12H18N6O2S. The second-order valence-corrected chi connectivity index (χ2v) is 6.29. The van der Waals surface area contributed by atoms with E-state index < -0.39 is 10.0 Å². The Balaban J connectivity index is 1.92. The number of benzene rings is 1. The third-order valence-corrected chi connectivity index (χ3v) is 4.37. The largest absolute Gasteiger partial charge is 0.397 e. The summed E-state index contributed by atoms with van der Waals surface area (Å²) in [5.74, 6) is 0. The van der Waals surface area contributed by atoms with E-state index in [4.69, 9.17) is 5.73 Å². The van der Waals surface area contributed by atoms with Gasteiger partial charge in [0.05, 0.1) is 22.5 Å². The first kappa shape index (κ1) is 15.3. The monoisotopic (exact) mass is 310 g/mol. The summed E-state index contributed by atoms with van der Waals surface area (Å²) in [7, 11) is -2.11. The molecule has 21 heavy (non-hydrogen) atoms. The minimum atomic E-state index is -3.47. The molecule has 0 aliphatic rings. The normalized spacial score (nSPS) is 11.5. The van der Waals surface area contributed by atoms with Crippen molar-refractivity contribution in [2.24, 2.45) is 0 Å². The Bertz CT molecular complexity index is 684. The zero-order chi connectivity index (χ0) is 15.3. The van der Waals surface area contributed by atoms with E-state index in [9.17, 15) is 8.42 Å². The van der Waals surface area contributed by atoms with Gasteiger partial charge in [-0.25, -0.2) is 13.1 Å². The molecule has 4 N–H and O–H groups in total. The highest BCUT2D eigenvalue weighted by molar-refractivity contribution is 7.89. The fraction of sp³-hybridized carbons (Fsp3) is 0.333. The van der Waals surface area contributed by atoms with Gasteiger partial charge in [-0.3, -0.25) is 4.68 Å². The summed E-state index contributed by atoms with van der Waals surface area (Å²) in [6.07, 6.45) is 4.28. The number of hydrogen-bond acceptors (Lipinski definition) is 6. The number of sulfonamides is 1. The third kappa shape index (κ3) is 3.92. The lowest BCUT2D eigenvalue weighted by Gasteiger charge is -2.11. The smallest absolute Gasteiger partial charge is 0.240 e. The molecule has 0 bridgehead atoms. The highest BCUT2D eigenvalue weighted by atomic mass is 32.2. The molecule has 2 rings (SSSR count). The molecule has 0 spiro atoms. The molecule has 1 aromatic heterocycles. The lowest BCUT2D eigenvalue weighted by atomic mass is 10.2. The molecule has 0 saturated heterocycles. The summed E-state index contributed by atoms with van der Waals surface area (Å²) in [5, 5.41) is 10.8. The van der Waals surface area contributed by atoms with Crippen LogP contribution in [-0.2, 0) is 16.6 Å². The average Bonchev–Trinajstić information content (AvgIpc) is 2.98. The van der Waals surface area contributed by atoms with Crippen molar-refractivity contribution in [3.63, 3.8) is 0 Å². The quantitative estimate of drug-likeness (QED) is 0.499. The Morgan fingerprint density at radius 1 is 1.38 bits per heavy atom. The Morgan fingerprint density at radius 2 is 2.19 bits per heavy atom. The number of nitrogens with one attached hydrogen (secondary N) is 2. The fourth-order valence-electron chi connectivity index (χ4n) is 1.80. The maximum atomic E-state index is 11.7. The molecule has 0 unspecified atom stereocenters. The van der Waals surface area contributed by atoms with E-state index in [1.165, 1.54) is 19.2 Å². The first-order chi connectivity index (χ1) is 10.0. The summed E-state index contributed by atoms with van der Waals surface area (Å²) >= 11 is 0. The van der Waals surface area contributed by atoms with Gasteiger partial charge in [-0.1, -0.05) is 5.21 Å². The molecular weight excluding hydrogens is 292 g/mol. The average molecular weight is 310 g/mol. The van der Waals surface area contributed by atoms with Gasteiger partial charge >= 0.3 is 0 Å². The van der Waals surface area contributed by atoms with E-state index in [0.29, 0.717) is 17.9 Å². The van der Waals surface area contributed by atoms with Gasteiger partial charge in [0.25, 0.3) is 0 Å². The van der Waals surface area contributed by atoms with Gasteiger partial charge < -0.3 is 11.1 Å². The van der Waals surface area contributed by atoms with Gasteiger partial charge in [0, 0.05) is 19.3 Å². The first-order valence-corrected chi connectivity index (χ1v) is 7.92. The Kier molecular flexibility index (Phi) is 4.76. The van der Waals surface area contributed by atoms with E-state index in [1.54, 1.807) is 23.1 Å². The highest BCUT2D eigenvalue weighted by Gasteiger charge is 2.12. The van der Waals surface area contributed by atoms with Crippen molar-refractivity contribution < 1.29 is 8.42 Å². The molecule has 0 atom stereocenters. The van der Waals surface area contributed by atoms with Gasteiger partial charge in [0.15, 0.2) is 0 Å². The molecule has 114 valence electrons. The molecule has 1 heterocycles. The molecule has 0 saturated carbocycles. The number of anilines is 2. The van der Waals surface area contributed by atoms with Crippen LogP contribution in [0.2, 0.25) is 0 Å². The van der Waals surface area contributed by atoms with Crippen LogP contribution >= 0.6 is 0 Å². The van der Waals surface area contributed by atoms with Crippen molar-refractivity contribution in [2.45, 2.75) is 17.9 Å². The topological polar surface area (TPSA) is 115 Å². The first-order valence-electron chi connectivity index (χ1n) is 6.44. The van der Waals surface area contributed by atoms with Crippen LogP contribution in [0, 0.1) is 0 Å². The standard InChI is InChI=1S/C12H18N6O2S/c1-14-21(19,20)10-3-4-12(11(13)9-10)15-5-2-7-18-8-6-16-17-18/h3-4,6,8-9,14-15H,2,5,7,13H2,1H3. The molecule has 0 fully saturated rings. The van der Waals surface area contributed by atoms with Crippen LogP contribution in [-0.4, -0.2) is 37.0 Å². The summed E-state index contributed by atoms with van der Waals surface area (Å²) in [6, 6.07) is 4.61. The van der Waals surface area contributed by atoms with Crippen LogP contribution < -0.4 is 15.8 Å². The predicted octanol–water partition coefficient (Wildman–Crippen LogP) is 0.271. The molecule has 2 aromatic rings. The Labute approximate surface area is 123 Å². The van der Waals surface area contributed by atoms with E-state index >= 15 is 0 Å². The van der Waals surface area contributed by atoms with E-state index in [-0.39, 0.29) is 4.90 Å². The SMILES string of the molecule is CNS(=O)(=O)c1ccc(NCCCn2ccnn2)c(N)c1. The number of nitrogen functional groups attached to an aromatic ring is 1. The van der Waals surface area contributed by atoms with Crippen LogP contribution in [0.5, 0.6) is 0 Å². The van der Waals surface area contributed by atoms with Gasteiger partial charge in [-0.05, 0) is 31.7 Å². The van der Waals surface area contributed by atoms with Crippen molar-refractivity contribution in [3.05, 3.63) is 30.6 Å². The van der Waals surface area contributed by atoms with Crippen molar-refractivity contribution in [2.75, 3.05) is 24.6 Å². The lowest BCUT2D eigenvalue weighted by molar-refractivity contribution is 0.570.